The van der Waals surface area contributed by atoms with Gasteiger partial charge in [0, 0.05) is 54.0 Å². The summed E-state index contributed by atoms with van der Waals surface area (Å²) in [6, 6.07) is 11.3. The van der Waals surface area contributed by atoms with E-state index in [4.69, 9.17) is 39.8 Å². The Morgan fingerprint density at radius 3 is 2.54 bits per heavy atom. The standard InChI is InChI=1S/C19H15Cl3N4/c20-15-4-1-12(2-5-15)19-23-9-14-11-26(8-7-16(14)24-19)10-13-3-6-17(21)25-18(13)22/h1-6,9H,7-8,10-11H2. The van der Waals surface area contributed by atoms with Gasteiger partial charge in [-0.05, 0) is 30.3 Å². The minimum atomic E-state index is 0.408. The predicted octanol–water partition coefficient (Wildman–Crippen LogP) is 5.06. The van der Waals surface area contributed by atoms with Crippen LogP contribution in [0.2, 0.25) is 15.3 Å². The van der Waals surface area contributed by atoms with Crippen LogP contribution in [0.15, 0.2) is 42.6 Å². The van der Waals surface area contributed by atoms with Crippen LogP contribution in [0, 0.1) is 0 Å². The van der Waals surface area contributed by atoms with Crippen LogP contribution in [0.25, 0.3) is 11.4 Å². The van der Waals surface area contributed by atoms with Gasteiger partial charge in [-0.25, -0.2) is 15.0 Å². The summed E-state index contributed by atoms with van der Waals surface area (Å²) >= 11 is 18.0. The summed E-state index contributed by atoms with van der Waals surface area (Å²) < 4.78 is 0. The molecule has 2 aromatic heterocycles. The molecule has 0 radical (unpaired) electrons. The average Bonchev–Trinajstić information content (AvgIpc) is 2.64. The van der Waals surface area contributed by atoms with Gasteiger partial charge in [-0.2, -0.15) is 0 Å². The van der Waals surface area contributed by atoms with Crippen molar-refractivity contribution in [3.05, 3.63) is 74.7 Å². The number of hydrogen-bond donors (Lipinski definition) is 0. The molecule has 3 aromatic rings. The van der Waals surface area contributed by atoms with E-state index in [1.165, 1.54) is 0 Å². The predicted molar refractivity (Wildman–Crippen MR) is 105 cm³/mol. The first kappa shape index (κ1) is 17.7. The third kappa shape index (κ3) is 3.84. The van der Waals surface area contributed by atoms with Gasteiger partial charge >= 0.3 is 0 Å². The largest absolute Gasteiger partial charge is 0.294 e. The van der Waals surface area contributed by atoms with Gasteiger partial charge in [0.2, 0.25) is 0 Å². The molecular formula is C19H15Cl3N4. The van der Waals surface area contributed by atoms with Crippen molar-refractivity contribution < 1.29 is 0 Å². The van der Waals surface area contributed by atoms with Gasteiger partial charge in [0.05, 0.1) is 5.69 Å². The van der Waals surface area contributed by atoms with Crippen molar-refractivity contribution in [2.75, 3.05) is 6.54 Å². The summed E-state index contributed by atoms with van der Waals surface area (Å²) in [5.74, 6) is 0.735. The summed E-state index contributed by atoms with van der Waals surface area (Å²) in [4.78, 5) is 15.7. The third-order valence-electron chi connectivity index (χ3n) is 4.40. The Bertz CT molecular complexity index is 944. The summed E-state index contributed by atoms with van der Waals surface area (Å²) in [6.45, 7) is 2.42. The van der Waals surface area contributed by atoms with Crippen molar-refractivity contribution in [2.45, 2.75) is 19.5 Å². The highest BCUT2D eigenvalue weighted by Crippen LogP contribution is 2.25. The molecule has 0 fully saturated rings. The first-order valence-corrected chi connectivity index (χ1v) is 9.36. The second-order valence-corrected chi connectivity index (χ2v) is 7.40. The van der Waals surface area contributed by atoms with Gasteiger partial charge in [0.25, 0.3) is 0 Å². The fraction of sp³-hybridized carbons (Fsp3) is 0.211. The summed E-state index contributed by atoms with van der Waals surface area (Å²) in [5, 5.41) is 1.57. The molecule has 0 aliphatic carbocycles. The van der Waals surface area contributed by atoms with Crippen molar-refractivity contribution in [2.24, 2.45) is 0 Å². The van der Waals surface area contributed by atoms with E-state index in [2.05, 4.69) is 14.9 Å². The Labute approximate surface area is 166 Å². The Morgan fingerprint density at radius 1 is 0.962 bits per heavy atom. The summed E-state index contributed by atoms with van der Waals surface area (Å²) in [5.41, 5.74) is 4.19. The molecule has 0 spiro atoms. The quantitative estimate of drug-likeness (QED) is 0.571. The Balaban J connectivity index is 1.51. The smallest absolute Gasteiger partial charge is 0.159 e. The Hall–Kier alpha value is -1.72. The normalized spacial score (nSPS) is 14.3. The molecule has 0 bridgehead atoms. The topological polar surface area (TPSA) is 41.9 Å². The van der Waals surface area contributed by atoms with Crippen molar-refractivity contribution in [3.8, 4) is 11.4 Å². The van der Waals surface area contributed by atoms with E-state index in [0.717, 1.165) is 54.3 Å². The summed E-state index contributed by atoms with van der Waals surface area (Å²) in [6.07, 6.45) is 2.79. The highest BCUT2D eigenvalue weighted by molar-refractivity contribution is 6.32. The lowest BCUT2D eigenvalue weighted by molar-refractivity contribution is 0.243. The van der Waals surface area contributed by atoms with Crippen LogP contribution in [0.4, 0.5) is 0 Å². The molecule has 0 saturated heterocycles. The molecule has 1 aromatic carbocycles. The van der Waals surface area contributed by atoms with E-state index < -0.39 is 0 Å². The molecule has 0 amide bonds. The van der Waals surface area contributed by atoms with E-state index >= 15 is 0 Å². The first-order valence-electron chi connectivity index (χ1n) is 8.22. The van der Waals surface area contributed by atoms with E-state index in [1.54, 1.807) is 6.07 Å². The number of benzene rings is 1. The molecule has 0 saturated carbocycles. The van der Waals surface area contributed by atoms with Crippen molar-refractivity contribution in [1.82, 2.24) is 19.9 Å². The molecule has 4 rings (SSSR count). The molecule has 3 heterocycles. The molecule has 1 aliphatic heterocycles. The molecule has 132 valence electrons. The average molecular weight is 406 g/mol. The zero-order valence-corrected chi connectivity index (χ0v) is 16.1. The summed E-state index contributed by atoms with van der Waals surface area (Å²) in [7, 11) is 0. The van der Waals surface area contributed by atoms with E-state index in [-0.39, 0.29) is 0 Å². The number of fused-ring (bicyclic) bond motifs is 1. The van der Waals surface area contributed by atoms with Crippen LogP contribution in [0.5, 0.6) is 0 Å². The van der Waals surface area contributed by atoms with Gasteiger partial charge < -0.3 is 0 Å². The molecule has 7 heteroatoms. The number of aromatic nitrogens is 3. The molecule has 0 atom stereocenters. The van der Waals surface area contributed by atoms with Crippen molar-refractivity contribution in [1.29, 1.82) is 0 Å². The van der Waals surface area contributed by atoms with Crippen LogP contribution in [0.3, 0.4) is 0 Å². The van der Waals surface area contributed by atoms with Crippen molar-refractivity contribution in [3.63, 3.8) is 0 Å². The molecule has 0 unspecified atom stereocenters. The maximum absolute atomic E-state index is 6.19. The lowest BCUT2D eigenvalue weighted by atomic mass is 10.1. The van der Waals surface area contributed by atoms with Crippen LogP contribution in [-0.4, -0.2) is 26.4 Å². The maximum Gasteiger partial charge on any atom is 0.159 e. The molecule has 1 aliphatic rings. The Morgan fingerprint density at radius 2 is 1.77 bits per heavy atom. The van der Waals surface area contributed by atoms with Crippen LogP contribution < -0.4 is 0 Å². The van der Waals surface area contributed by atoms with Gasteiger partial charge in [-0.15, -0.1) is 0 Å². The van der Waals surface area contributed by atoms with E-state index in [0.29, 0.717) is 15.3 Å². The molecule has 26 heavy (non-hydrogen) atoms. The fourth-order valence-electron chi connectivity index (χ4n) is 3.05. The maximum atomic E-state index is 6.19. The third-order valence-corrected chi connectivity index (χ3v) is 5.19. The van der Waals surface area contributed by atoms with Crippen LogP contribution in [0.1, 0.15) is 16.8 Å². The minimum Gasteiger partial charge on any atom is -0.294 e. The number of nitrogens with zero attached hydrogens (tertiary/aromatic N) is 4. The molecule has 0 N–H and O–H groups in total. The number of hydrogen-bond acceptors (Lipinski definition) is 4. The number of rotatable bonds is 3. The number of pyridine rings is 1. The van der Waals surface area contributed by atoms with E-state index in [9.17, 15) is 0 Å². The highest BCUT2D eigenvalue weighted by Gasteiger charge is 2.20. The Kier molecular flexibility index (Phi) is 5.09. The van der Waals surface area contributed by atoms with Crippen molar-refractivity contribution >= 4 is 34.8 Å². The zero-order valence-electron chi connectivity index (χ0n) is 13.8. The number of halogens is 3. The van der Waals surface area contributed by atoms with E-state index in [1.807, 2.05) is 36.5 Å². The second-order valence-electron chi connectivity index (χ2n) is 6.22. The van der Waals surface area contributed by atoms with Gasteiger partial charge in [0.15, 0.2) is 5.82 Å². The lowest BCUT2D eigenvalue weighted by Crippen LogP contribution is -2.31. The first-order chi connectivity index (χ1) is 12.6. The molecule has 4 nitrogen and oxygen atoms in total. The van der Waals surface area contributed by atoms with Crippen LogP contribution in [-0.2, 0) is 19.5 Å². The SMILES string of the molecule is Clc1ccc(-c2ncc3c(n2)CCN(Cc2ccc(Cl)nc2Cl)C3)cc1. The van der Waals surface area contributed by atoms with Gasteiger partial charge in [-0.3, -0.25) is 4.90 Å². The van der Waals surface area contributed by atoms with Gasteiger partial charge in [-0.1, -0.05) is 40.9 Å². The lowest BCUT2D eigenvalue weighted by Gasteiger charge is -2.28. The highest BCUT2D eigenvalue weighted by atomic mass is 35.5. The second kappa shape index (κ2) is 7.49. The van der Waals surface area contributed by atoms with Crippen LogP contribution >= 0.6 is 34.8 Å². The zero-order chi connectivity index (χ0) is 18.1. The molecular weight excluding hydrogens is 391 g/mol. The monoisotopic (exact) mass is 404 g/mol. The van der Waals surface area contributed by atoms with Gasteiger partial charge in [0.1, 0.15) is 10.3 Å². The fourth-order valence-corrected chi connectivity index (χ4v) is 3.58. The minimum absolute atomic E-state index is 0.408.